The van der Waals surface area contributed by atoms with Crippen LogP contribution in [-0.2, 0) is 14.3 Å². The van der Waals surface area contributed by atoms with Gasteiger partial charge in [-0.3, -0.25) is 9.78 Å². The van der Waals surface area contributed by atoms with Crippen LogP contribution in [-0.4, -0.2) is 37.8 Å². The third kappa shape index (κ3) is 4.33. The molecule has 0 aliphatic rings. The van der Waals surface area contributed by atoms with Crippen LogP contribution in [0.15, 0.2) is 18.5 Å². The van der Waals surface area contributed by atoms with Gasteiger partial charge in [-0.05, 0) is 6.07 Å². The largest absolute Gasteiger partial charge is 0.382 e. The molecule has 0 saturated heterocycles. The molecular formula is C10H13FN2O3. The molecule has 1 aromatic rings. The Balaban J connectivity index is 2.32. The molecule has 0 fully saturated rings. The van der Waals surface area contributed by atoms with E-state index in [2.05, 4.69) is 10.3 Å². The summed E-state index contributed by atoms with van der Waals surface area (Å²) in [5, 5.41) is 2.37. The van der Waals surface area contributed by atoms with Crippen LogP contribution in [0.2, 0.25) is 0 Å². The van der Waals surface area contributed by atoms with Crippen molar-refractivity contribution in [1.29, 1.82) is 0 Å². The lowest BCUT2D eigenvalue weighted by molar-refractivity contribution is -0.121. The lowest BCUT2D eigenvalue weighted by Crippen LogP contribution is -2.20. The number of pyridine rings is 1. The fourth-order valence-corrected chi connectivity index (χ4v) is 0.970. The highest BCUT2D eigenvalue weighted by atomic mass is 19.1. The maximum Gasteiger partial charge on any atom is 0.250 e. The van der Waals surface area contributed by atoms with Crippen LogP contribution in [0.5, 0.6) is 0 Å². The first-order valence-electron chi connectivity index (χ1n) is 4.70. The Morgan fingerprint density at radius 2 is 2.38 bits per heavy atom. The first kappa shape index (κ1) is 12.5. The molecule has 1 aromatic heterocycles. The van der Waals surface area contributed by atoms with Gasteiger partial charge in [0.2, 0.25) is 5.91 Å². The SMILES string of the molecule is COCCOCC(=O)Nc1ccncc1F. The molecule has 0 spiro atoms. The second-order valence-electron chi connectivity index (χ2n) is 2.95. The quantitative estimate of drug-likeness (QED) is 0.732. The first-order chi connectivity index (χ1) is 7.74. The minimum absolute atomic E-state index is 0.0929. The number of rotatable bonds is 6. The molecule has 1 amide bonds. The standard InChI is InChI=1S/C10H13FN2O3/c1-15-4-5-16-7-10(14)13-9-2-3-12-6-8(9)11/h2-3,6H,4-5,7H2,1H3,(H,12,13,14). The third-order valence-corrected chi connectivity index (χ3v) is 1.71. The highest BCUT2D eigenvalue weighted by Crippen LogP contribution is 2.10. The predicted molar refractivity (Wildman–Crippen MR) is 55.5 cm³/mol. The van der Waals surface area contributed by atoms with Crippen molar-refractivity contribution in [3.8, 4) is 0 Å². The number of anilines is 1. The van der Waals surface area contributed by atoms with Crippen molar-refractivity contribution in [2.75, 3.05) is 32.2 Å². The summed E-state index contributed by atoms with van der Waals surface area (Å²) in [6.45, 7) is 0.602. The van der Waals surface area contributed by atoms with E-state index >= 15 is 0 Å². The van der Waals surface area contributed by atoms with Crippen molar-refractivity contribution in [1.82, 2.24) is 4.98 Å². The van der Waals surface area contributed by atoms with Crippen molar-refractivity contribution in [2.45, 2.75) is 0 Å². The fourth-order valence-electron chi connectivity index (χ4n) is 0.970. The molecule has 0 aliphatic carbocycles. The molecule has 0 unspecified atom stereocenters. The van der Waals surface area contributed by atoms with Gasteiger partial charge >= 0.3 is 0 Å². The van der Waals surface area contributed by atoms with E-state index in [1.165, 1.54) is 19.4 Å². The molecule has 0 aromatic carbocycles. The van der Waals surface area contributed by atoms with E-state index in [1.54, 1.807) is 0 Å². The molecule has 0 atom stereocenters. The van der Waals surface area contributed by atoms with Gasteiger partial charge in [-0.25, -0.2) is 4.39 Å². The Labute approximate surface area is 92.6 Å². The van der Waals surface area contributed by atoms with Crippen LogP contribution in [0.3, 0.4) is 0 Å². The molecule has 1 rings (SSSR count). The topological polar surface area (TPSA) is 60.5 Å². The van der Waals surface area contributed by atoms with Crippen molar-refractivity contribution in [2.24, 2.45) is 0 Å². The van der Waals surface area contributed by atoms with E-state index in [9.17, 15) is 9.18 Å². The van der Waals surface area contributed by atoms with Gasteiger partial charge in [0.25, 0.3) is 0 Å². The molecule has 0 saturated carbocycles. The zero-order chi connectivity index (χ0) is 11.8. The number of nitrogens with one attached hydrogen (secondary N) is 1. The maximum atomic E-state index is 13.1. The third-order valence-electron chi connectivity index (χ3n) is 1.71. The Bertz CT molecular complexity index is 347. The number of aromatic nitrogens is 1. The van der Waals surface area contributed by atoms with Crippen LogP contribution in [0.25, 0.3) is 0 Å². The minimum Gasteiger partial charge on any atom is -0.382 e. The number of carbonyl (C=O) groups excluding carboxylic acids is 1. The van der Waals surface area contributed by atoms with Gasteiger partial charge in [0.05, 0.1) is 25.1 Å². The van der Waals surface area contributed by atoms with E-state index < -0.39 is 11.7 Å². The summed E-state index contributed by atoms with van der Waals surface area (Å²) in [6, 6.07) is 1.38. The normalized spacial score (nSPS) is 10.1. The second-order valence-corrected chi connectivity index (χ2v) is 2.95. The van der Waals surface area contributed by atoms with Crippen molar-refractivity contribution in [3.63, 3.8) is 0 Å². The van der Waals surface area contributed by atoms with E-state index in [0.717, 1.165) is 6.20 Å². The average molecular weight is 228 g/mol. The molecule has 5 nitrogen and oxygen atoms in total. The van der Waals surface area contributed by atoms with Gasteiger partial charge in [0.1, 0.15) is 6.61 Å². The van der Waals surface area contributed by atoms with Crippen LogP contribution >= 0.6 is 0 Å². The van der Waals surface area contributed by atoms with E-state index in [0.29, 0.717) is 13.2 Å². The molecule has 1 heterocycles. The number of nitrogens with zero attached hydrogens (tertiary/aromatic N) is 1. The number of hydrogen-bond acceptors (Lipinski definition) is 4. The first-order valence-corrected chi connectivity index (χ1v) is 4.70. The molecule has 88 valence electrons. The molecular weight excluding hydrogens is 215 g/mol. The summed E-state index contributed by atoms with van der Waals surface area (Å²) in [4.78, 5) is 14.8. The lowest BCUT2D eigenvalue weighted by atomic mass is 10.4. The van der Waals surface area contributed by atoms with Gasteiger partial charge in [0.15, 0.2) is 5.82 Å². The van der Waals surface area contributed by atoms with Crippen LogP contribution in [0.1, 0.15) is 0 Å². The van der Waals surface area contributed by atoms with E-state index in [4.69, 9.17) is 9.47 Å². The smallest absolute Gasteiger partial charge is 0.250 e. The van der Waals surface area contributed by atoms with Gasteiger partial charge in [-0.15, -0.1) is 0 Å². The Kier molecular flexibility index (Phi) is 5.38. The van der Waals surface area contributed by atoms with Crippen molar-refractivity contribution < 1.29 is 18.7 Å². The predicted octanol–water partition coefficient (Wildman–Crippen LogP) is 0.822. The highest BCUT2D eigenvalue weighted by Gasteiger charge is 2.06. The molecule has 1 N–H and O–H groups in total. The van der Waals surface area contributed by atoms with Crippen LogP contribution in [0, 0.1) is 5.82 Å². The summed E-state index contributed by atoms with van der Waals surface area (Å²) in [5.41, 5.74) is 0.0929. The van der Waals surface area contributed by atoms with Crippen LogP contribution < -0.4 is 5.32 Å². The summed E-state index contributed by atoms with van der Waals surface area (Å²) in [7, 11) is 1.54. The number of carbonyl (C=O) groups is 1. The van der Waals surface area contributed by atoms with Gasteiger partial charge in [-0.2, -0.15) is 0 Å². The molecule has 0 aliphatic heterocycles. The number of hydrogen-bond donors (Lipinski definition) is 1. The zero-order valence-corrected chi connectivity index (χ0v) is 8.90. The van der Waals surface area contributed by atoms with Gasteiger partial charge < -0.3 is 14.8 Å². The molecule has 0 radical (unpaired) electrons. The van der Waals surface area contributed by atoms with E-state index in [-0.39, 0.29) is 12.3 Å². The Morgan fingerprint density at radius 1 is 1.56 bits per heavy atom. The summed E-state index contributed by atoms with van der Waals surface area (Å²) in [5.74, 6) is -0.992. The van der Waals surface area contributed by atoms with E-state index in [1.807, 2.05) is 0 Å². The Hall–Kier alpha value is -1.53. The molecule has 16 heavy (non-hydrogen) atoms. The zero-order valence-electron chi connectivity index (χ0n) is 8.90. The maximum absolute atomic E-state index is 13.1. The summed E-state index contributed by atoms with van der Waals surface area (Å²) < 4.78 is 22.8. The molecule has 0 bridgehead atoms. The average Bonchev–Trinajstić information content (AvgIpc) is 2.28. The number of ether oxygens (including phenoxy) is 2. The Morgan fingerprint density at radius 3 is 3.06 bits per heavy atom. The summed E-state index contributed by atoms with van der Waals surface area (Å²) >= 11 is 0. The molecule has 6 heteroatoms. The van der Waals surface area contributed by atoms with Crippen molar-refractivity contribution in [3.05, 3.63) is 24.3 Å². The minimum atomic E-state index is -0.576. The second kappa shape index (κ2) is 6.86. The summed E-state index contributed by atoms with van der Waals surface area (Å²) in [6.07, 6.45) is 2.42. The van der Waals surface area contributed by atoms with Gasteiger partial charge in [0, 0.05) is 13.3 Å². The number of halogens is 1. The van der Waals surface area contributed by atoms with Crippen molar-refractivity contribution >= 4 is 11.6 Å². The monoisotopic (exact) mass is 228 g/mol. The van der Waals surface area contributed by atoms with Gasteiger partial charge in [-0.1, -0.05) is 0 Å². The fraction of sp³-hybridized carbons (Fsp3) is 0.400. The number of methoxy groups -OCH3 is 1. The highest BCUT2D eigenvalue weighted by molar-refractivity contribution is 5.91. The lowest BCUT2D eigenvalue weighted by Gasteiger charge is -2.06. The van der Waals surface area contributed by atoms with Crippen LogP contribution in [0.4, 0.5) is 10.1 Å². The number of amides is 1.